The highest BCUT2D eigenvalue weighted by molar-refractivity contribution is 7.92. The van der Waals surface area contributed by atoms with E-state index in [4.69, 9.17) is 11.6 Å². The Morgan fingerprint density at radius 3 is 2.53 bits per heavy atom. The third-order valence-electron chi connectivity index (χ3n) is 3.54. The van der Waals surface area contributed by atoms with Crippen LogP contribution in [0.3, 0.4) is 0 Å². The number of ketones is 1. The highest BCUT2D eigenvalue weighted by atomic mass is 35.5. The molecule has 0 aliphatic heterocycles. The van der Waals surface area contributed by atoms with E-state index in [1.165, 1.54) is 6.07 Å². The second-order valence-corrected chi connectivity index (χ2v) is 7.72. The van der Waals surface area contributed by atoms with Gasteiger partial charge in [0.05, 0.1) is 5.25 Å². The van der Waals surface area contributed by atoms with Gasteiger partial charge in [0.25, 0.3) is 0 Å². The van der Waals surface area contributed by atoms with E-state index in [1.807, 2.05) is 0 Å². The molecule has 0 bridgehead atoms. The molecule has 1 aliphatic rings. The number of hydrogen-bond acceptors (Lipinski definition) is 3. The van der Waals surface area contributed by atoms with Gasteiger partial charge in [0.1, 0.15) is 5.75 Å². The lowest BCUT2D eigenvalue weighted by Gasteiger charge is -2.21. The van der Waals surface area contributed by atoms with Gasteiger partial charge < -0.3 is 0 Å². The van der Waals surface area contributed by atoms with Crippen LogP contribution < -0.4 is 0 Å². The Morgan fingerprint density at radius 1 is 1.21 bits per heavy atom. The van der Waals surface area contributed by atoms with Crippen molar-refractivity contribution in [2.24, 2.45) is 0 Å². The molecule has 0 amide bonds. The lowest BCUT2D eigenvalue weighted by molar-refractivity contribution is 0.102. The molecule has 1 aromatic rings. The number of sulfone groups is 1. The maximum absolute atomic E-state index is 12.2. The van der Waals surface area contributed by atoms with Crippen LogP contribution in [0.25, 0.3) is 0 Å². The Bertz CT molecular complexity index is 560. The average Bonchev–Trinajstić information content (AvgIpc) is 2.39. The van der Waals surface area contributed by atoms with E-state index in [2.05, 4.69) is 0 Å². The summed E-state index contributed by atoms with van der Waals surface area (Å²) in [7, 11) is -3.34. The summed E-state index contributed by atoms with van der Waals surface area (Å²) in [6, 6.07) is 6.43. The molecule has 0 N–H and O–H groups in total. The number of hydrogen-bond donors (Lipinski definition) is 0. The van der Waals surface area contributed by atoms with Gasteiger partial charge in [-0.3, -0.25) is 4.79 Å². The van der Waals surface area contributed by atoms with Crippen LogP contribution in [-0.2, 0) is 9.84 Å². The zero-order valence-electron chi connectivity index (χ0n) is 10.6. The predicted molar refractivity (Wildman–Crippen MR) is 76.4 cm³/mol. The third-order valence-corrected chi connectivity index (χ3v) is 5.93. The van der Waals surface area contributed by atoms with Gasteiger partial charge in [0, 0.05) is 10.6 Å². The first-order valence-electron chi connectivity index (χ1n) is 6.49. The largest absolute Gasteiger partial charge is 0.293 e. The van der Waals surface area contributed by atoms with Gasteiger partial charge in [-0.15, -0.1) is 0 Å². The van der Waals surface area contributed by atoms with Crippen LogP contribution in [0.15, 0.2) is 24.3 Å². The lowest BCUT2D eigenvalue weighted by atomic mass is 10.0. The van der Waals surface area contributed by atoms with Crippen molar-refractivity contribution in [1.82, 2.24) is 0 Å². The summed E-state index contributed by atoms with van der Waals surface area (Å²) >= 11 is 5.81. The molecule has 0 saturated heterocycles. The highest BCUT2D eigenvalue weighted by Crippen LogP contribution is 2.25. The fraction of sp³-hybridized carbons (Fsp3) is 0.500. The van der Waals surface area contributed by atoms with E-state index in [9.17, 15) is 13.2 Å². The molecule has 1 saturated carbocycles. The summed E-state index contributed by atoms with van der Waals surface area (Å²) in [5, 5.41) is 0.102. The molecule has 0 aromatic heterocycles. The molecule has 0 radical (unpaired) electrons. The van der Waals surface area contributed by atoms with E-state index >= 15 is 0 Å². The Kier molecular flexibility index (Phi) is 4.63. The van der Waals surface area contributed by atoms with Crippen molar-refractivity contribution >= 4 is 27.2 Å². The SMILES string of the molecule is O=C(CS(=O)(=O)C1CCCCC1)c1cccc(Cl)c1. The van der Waals surface area contributed by atoms with Gasteiger partial charge in [-0.2, -0.15) is 0 Å². The number of benzene rings is 1. The fourth-order valence-corrected chi connectivity index (χ4v) is 4.48. The minimum absolute atomic E-state index is 0.343. The molecule has 0 spiro atoms. The van der Waals surface area contributed by atoms with Crippen LogP contribution >= 0.6 is 11.6 Å². The van der Waals surface area contributed by atoms with Gasteiger partial charge in [0.2, 0.25) is 0 Å². The molecule has 1 aromatic carbocycles. The standard InChI is InChI=1S/C14H17ClO3S/c15-12-6-4-5-11(9-12)14(16)10-19(17,18)13-7-2-1-3-8-13/h4-6,9,13H,1-3,7-8,10H2. The van der Waals surface area contributed by atoms with Crippen molar-refractivity contribution in [3.05, 3.63) is 34.9 Å². The number of Topliss-reactive ketones (excluding diaryl/α,β-unsaturated/α-hetero) is 1. The maximum Gasteiger partial charge on any atom is 0.177 e. The molecule has 0 atom stereocenters. The van der Waals surface area contributed by atoms with Crippen molar-refractivity contribution in [1.29, 1.82) is 0 Å². The van der Waals surface area contributed by atoms with Crippen LogP contribution in [0.1, 0.15) is 42.5 Å². The Morgan fingerprint density at radius 2 is 1.89 bits per heavy atom. The number of halogens is 1. The summed E-state index contributed by atoms with van der Waals surface area (Å²) < 4.78 is 24.4. The van der Waals surface area contributed by atoms with Crippen LogP contribution in [0.5, 0.6) is 0 Å². The maximum atomic E-state index is 12.2. The van der Waals surface area contributed by atoms with Crippen LogP contribution in [-0.4, -0.2) is 25.2 Å². The quantitative estimate of drug-likeness (QED) is 0.802. The molecule has 5 heteroatoms. The van der Waals surface area contributed by atoms with Gasteiger partial charge in [-0.05, 0) is 25.0 Å². The van der Waals surface area contributed by atoms with Crippen molar-refractivity contribution < 1.29 is 13.2 Å². The molecule has 3 nitrogen and oxygen atoms in total. The number of rotatable bonds is 4. The highest BCUT2D eigenvalue weighted by Gasteiger charge is 2.29. The molecule has 19 heavy (non-hydrogen) atoms. The molecule has 0 heterocycles. The van der Waals surface area contributed by atoms with Gasteiger partial charge >= 0.3 is 0 Å². The normalized spacial score (nSPS) is 17.3. The molecule has 104 valence electrons. The monoisotopic (exact) mass is 300 g/mol. The first-order chi connectivity index (χ1) is 8.99. The van der Waals surface area contributed by atoms with E-state index in [0.717, 1.165) is 19.3 Å². The minimum atomic E-state index is -3.34. The molecular weight excluding hydrogens is 284 g/mol. The second kappa shape index (κ2) is 6.06. The molecule has 2 rings (SSSR count). The average molecular weight is 301 g/mol. The van der Waals surface area contributed by atoms with Crippen molar-refractivity contribution in [3.63, 3.8) is 0 Å². The summed E-state index contributed by atoms with van der Waals surface area (Å²) in [4.78, 5) is 12.0. The zero-order chi connectivity index (χ0) is 13.9. The van der Waals surface area contributed by atoms with E-state index in [-0.39, 0.29) is 11.0 Å². The van der Waals surface area contributed by atoms with Crippen molar-refractivity contribution in [3.8, 4) is 0 Å². The van der Waals surface area contributed by atoms with Gasteiger partial charge in [-0.1, -0.05) is 43.0 Å². The first kappa shape index (κ1) is 14.5. The Balaban J connectivity index is 2.09. The number of carbonyl (C=O) groups excluding carboxylic acids is 1. The summed E-state index contributed by atoms with van der Waals surface area (Å²) in [6.07, 6.45) is 4.34. The van der Waals surface area contributed by atoms with Crippen LogP contribution in [0.4, 0.5) is 0 Å². The van der Waals surface area contributed by atoms with Crippen molar-refractivity contribution in [2.75, 3.05) is 5.75 Å². The lowest BCUT2D eigenvalue weighted by Crippen LogP contribution is -2.29. The smallest absolute Gasteiger partial charge is 0.177 e. The van der Waals surface area contributed by atoms with Crippen LogP contribution in [0.2, 0.25) is 5.02 Å². The Hall–Kier alpha value is -0.870. The summed E-state index contributed by atoms with van der Waals surface area (Å²) in [5.41, 5.74) is 0.367. The van der Waals surface area contributed by atoms with E-state index in [0.29, 0.717) is 23.4 Å². The summed E-state index contributed by atoms with van der Waals surface area (Å²) in [6.45, 7) is 0. The van der Waals surface area contributed by atoms with Gasteiger partial charge in [-0.25, -0.2) is 8.42 Å². The first-order valence-corrected chi connectivity index (χ1v) is 8.59. The summed E-state index contributed by atoms with van der Waals surface area (Å²) in [5.74, 6) is -0.772. The van der Waals surface area contributed by atoms with E-state index in [1.54, 1.807) is 18.2 Å². The zero-order valence-corrected chi connectivity index (χ0v) is 12.2. The Labute approximate surface area is 118 Å². The second-order valence-electron chi connectivity index (χ2n) is 5.00. The van der Waals surface area contributed by atoms with Crippen LogP contribution in [0, 0.1) is 0 Å². The molecule has 0 unspecified atom stereocenters. The van der Waals surface area contributed by atoms with Gasteiger partial charge in [0.15, 0.2) is 15.6 Å². The molecular formula is C14H17ClO3S. The predicted octanol–water partition coefficient (Wildman–Crippen LogP) is 3.27. The number of carbonyl (C=O) groups is 1. The minimum Gasteiger partial charge on any atom is -0.293 e. The topological polar surface area (TPSA) is 51.2 Å². The molecule has 1 fully saturated rings. The van der Waals surface area contributed by atoms with Crippen molar-refractivity contribution in [2.45, 2.75) is 37.4 Å². The fourth-order valence-electron chi connectivity index (χ4n) is 2.47. The third kappa shape index (κ3) is 3.80. The van der Waals surface area contributed by atoms with E-state index < -0.39 is 15.6 Å². The molecule has 1 aliphatic carbocycles.